The third kappa shape index (κ3) is 3.96. The zero-order valence-corrected chi connectivity index (χ0v) is 15.8. The van der Waals surface area contributed by atoms with E-state index in [4.69, 9.17) is 0 Å². The van der Waals surface area contributed by atoms with E-state index in [0.29, 0.717) is 17.1 Å². The maximum absolute atomic E-state index is 13.1. The summed E-state index contributed by atoms with van der Waals surface area (Å²) in [6, 6.07) is 13.5. The van der Waals surface area contributed by atoms with Gasteiger partial charge in [-0.1, -0.05) is 12.1 Å². The van der Waals surface area contributed by atoms with Crippen LogP contribution >= 0.6 is 11.3 Å². The van der Waals surface area contributed by atoms with Gasteiger partial charge in [-0.3, -0.25) is 10.1 Å². The summed E-state index contributed by atoms with van der Waals surface area (Å²) in [5.74, 6) is -0.486. The highest BCUT2D eigenvalue weighted by molar-refractivity contribution is 7.15. The second kappa shape index (κ2) is 7.69. The van der Waals surface area contributed by atoms with Crippen molar-refractivity contribution in [2.75, 3.05) is 5.32 Å². The highest BCUT2D eigenvalue weighted by Gasteiger charge is 2.13. The fourth-order valence-electron chi connectivity index (χ4n) is 2.71. The Bertz CT molecular complexity index is 1090. The lowest BCUT2D eigenvalue weighted by Crippen LogP contribution is -2.11. The summed E-state index contributed by atoms with van der Waals surface area (Å²) in [4.78, 5) is 21.9. The fraction of sp³-hybridized carbons (Fsp3) is 0.100. The molecule has 2 heterocycles. The molecule has 0 saturated carbocycles. The van der Waals surface area contributed by atoms with Gasteiger partial charge in [0.15, 0.2) is 5.13 Å². The quantitative estimate of drug-likeness (QED) is 0.556. The number of nitrogens with one attached hydrogen (secondary N) is 1. The zero-order valence-electron chi connectivity index (χ0n) is 15.0. The maximum atomic E-state index is 13.1. The van der Waals surface area contributed by atoms with E-state index < -0.39 is 0 Å². The number of hydrogen-bond acceptors (Lipinski definition) is 5. The smallest absolute Gasteiger partial charge is 0.257 e. The molecule has 6 nitrogen and oxygen atoms in total. The minimum Gasteiger partial charge on any atom is -0.298 e. The van der Waals surface area contributed by atoms with Gasteiger partial charge in [-0.15, -0.1) is 11.3 Å². The highest BCUT2D eigenvalue weighted by Crippen LogP contribution is 2.26. The number of carbonyl (C=O) groups excluding carboxylic acids is 1. The third-order valence-corrected chi connectivity index (χ3v) is 5.28. The zero-order chi connectivity index (χ0) is 19.5. The second-order valence-electron chi connectivity index (χ2n) is 6.17. The summed E-state index contributed by atoms with van der Waals surface area (Å²) < 4.78 is 14.7. The number of hydrogen-bond donors (Lipinski definition) is 1. The Balaban J connectivity index is 1.45. The van der Waals surface area contributed by atoms with Crippen LogP contribution in [0.4, 0.5) is 9.52 Å². The van der Waals surface area contributed by atoms with Gasteiger partial charge in [-0.25, -0.2) is 19.0 Å². The molecule has 2 aromatic carbocycles. The van der Waals surface area contributed by atoms with Gasteiger partial charge in [0, 0.05) is 16.9 Å². The van der Waals surface area contributed by atoms with E-state index in [-0.39, 0.29) is 11.7 Å². The van der Waals surface area contributed by atoms with Crippen molar-refractivity contribution >= 4 is 22.4 Å². The average Bonchev–Trinajstić information content (AvgIpc) is 3.34. The van der Waals surface area contributed by atoms with Crippen LogP contribution in [0.2, 0.25) is 0 Å². The molecule has 0 aliphatic carbocycles. The van der Waals surface area contributed by atoms with Crippen molar-refractivity contribution in [3.05, 3.63) is 88.7 Å². The summed E-state index contributed by atoms with van der Waals surface area (Å²) >= 11 is 1.42. The van der Waals surface area contributed by atoms with Crippen LogP contribution in [-0.4, -0.2) is 25.7 Å². The number of benzene rings is 2. The first-order chi connectivity index (χ1) is 13.6. The molecule has 0 radical (unpaired) electrons. The van der Waals surface area contributed by atoms with Crippen LogP contribution < -0.4 is 5.32 Å². The lowest BCUT2D eigenvalue weighted by Gasteiger charge is -2.04. The summed E-state index contributed by atoms with van der Waals surface area (Å²) in [5.41, 5.74) is 3.19. The Morgan fingerprint density at radius 3 is 2.57 bits per heavy atom. The van der Waals surface area contributed by atoms with Crippen LogP contribution in [0.5, 0.6) is 0 Å². The van der Waals surface area contributed by atoms with Crippen molar-refractivity contribution in [2.45, 2.75) is 13.3 Å². The molecule has 28 heavy (non-hydrogen) atoms. The van der Waals surface area contributed by atoms with Gasteiger partial charge in [0.1, 0.15) is 18.5 Å². The molecule has 140 valence electrons. The number of aromatic nitrogens is 4. The first-order valence-electron chi connectivity index (χ1n) is 8.55. The first-order valence-corrected chi connectivity index (χ1v) is 9.37. The van der Waals surface area contributed by atoms with Crippen LogP contribution in [-0.2, 0) is 6.42 Å². The molecule has 0 saturated heterocycles. The molecule has 8 heteroatoms. The Labute approximate surface area is 164 Å². The van der Waals surface area contributed by atoms with Crippen LogP contribution in [0.15, 0.2) is 61.2 Å². The SMILES string of the molecule is Cc1nc(NC(=O)c2ccc(-n3cncn3)cc2)sc1Cc1ccc(F)cc1. The number of nitrogens with zero attached hydrogens (tertiary/aromatic N) is 4. The molecule has 0 atom stereocenters. The molecule has 0 fully saturated rings. The predicted octanol–water partition coefficient (Wildman–Crippen LogP) is 4.01. The van der Waals surface area contributed by atoms with E-state index in [9.17, 15) is 9.18 Å². The molecule has 0 aliphatic heterocycles. The van der Waals surface area contributed by atoms with Gasteiger partial charge in [0.2, 0.25) is 0 Å². The fourth-order valence-corrected chi connectivity index (χ4v) is 3.70. The second-order valence-corrected chi connectivity index (χ2v) is 7.26. The monoisotopic (exact) mass is 393 g/mol. The van der Waals surface area contributed by atoms with Crippen molar-refractivity contribution in [3.8, 4) is 5.69 Å². The highest BCUT2D eigenvalue weighted by atomic mass is 32.1. The molecule has 0 unspecified atom stereocenters. The average molecular weight is 393 g/mol. The Morgan fingerprint density at radius 2 is 1.89 bits per heavy atom. The minimum absolute atomic E-state index is 0.229. The molecule has 0 bridgehead atoms. The van der Waals surface area contributed by atoms with Crippen molar-refractivity contribution in [3.63, 3.8) is 0 Å². The van der Waals surface area contributed by atoms with Crippen molar-refractivity contribution < 1.29 is 9.18 Å². The summed E-state index contributed by atoms with van der Waals surface area (Å²) in [5, 5.41) is 7.44. The van der Waals surface area contributed by atoms with Gasteiger partial charge in [-0.2, -0.15) is 5.10 Å². The van der Waals surface area contributed by atoms with Gasteiger partial charge in [0.05, 0.1) is 11.4 Å². The van der Waals surface area contributed by atoms with Crippen molar-refractivity contribution in [2.24, 2.45) is 0 Å². The number of rotatable bonds is 5. The summed E-state index contributed by atoms with van der Waals surface area (Å²) in [6.45, 7) is 1.90. The number of amides is 1. The lowest BCUT2D eigenvalue weighted by atomic mass is 10.1. The molecule has 0 aliphatic rings. The Hall–Kier alpha value is -3.39. The normalized spacial score (nSPS) is 10.8. The van der Waals surface area contributed by atoms with E-state index in [1.54, 1.807) is 47.4 Å². The van der Waals surface area contributed by atoms with Gasteiger partial charge in [-0.05, 0) is 48.9 Å². The topological polar surface area (TPSA) is 72.7 Å². The van der Waals surface area contributed by atoms with E-state index in [1.807, 2.05) is 6.92 Å². The summed E-state index contributed by atoms with van der Waals surface area (Å²) in [6.07, 6.45) is 3.69. The van der Waals surface area contributed by atoms with Crippen LogP contribution in [0.3, 0.4) is 0 Å². The van der Waals surface area contributed by atoms with Crippen molar-refractivity contribution in [1.82, 2.24) is 19.7 Å². The molecule has 1 amide bonds. The minimum atomic E-state index is -0.257. The largest absolute Gasteiger partial charge is 0.298 e. The molecular weight excluding hydrogens is 377 g/mol. The molecule has 1 N–H and O–H groups in total. The van der Waals surface area contributed by atoms with Gasteiger partial charge >= 0.3 is 0 Å². The molecule has 4 aromatic rings. The summed E-state index contributed by atoms with van der Waals surface area (Å²) in [7, 11) is 0. The van der Waals surface area contributed by atoms with Gasteiger partial charge < -0.3 is 0 Å². The number of aryl methyl sites for hydroxylation is 1. The molecule has 2 aromatic heterocycles. The Kier molecular flexibility index (Phi) is 4.94. The predicted molar refractivity (Wildman–Crippen MR) is 105 cm³/mol. The number of anilines is 1. The van der Waals surface area contributed by atoms with E-state index >= 15 is 0 Å². The number of thiazole rings is 1. The first kappa shape index (κ1) is 18.0. The van der Waals surface area contributed by atoms with Crippen LogP contribution in [0, 0.1) is 12.7 Å². The molecule has 4 rings (SSSR count). The standard InChI is InChI=1S/C20H16FN5OS/c1-13-18(10-14-2-6-16(21)7-3-14)28-20(24-13)25-19(27)15-4-8-17(9-5-15)26-12-22-11-23-26/h2-9,11-12H,10H2,1H3,(H,24,25,27). The maximum Gasteiger partial charge on any atom is 0.257 e. The number of carbonyl (C=O) groups is 1. The van der Waals surface area contributed by atoms with Crippen LogP contribution in [0.1, 0.15) is 26.5 Å². The van der Waals surface area contributed by atoms with Crippen molar-refractivity contribution in [1.29, 1.82) is 0 Å². The van der Waals surface area contributed by atoms with Gasteiger partial charge in [0.25, 0.3) is 5.91 Å². The Morgan fingerprint density at radius 1 is 1.14 bits per heavy atom. The van der Waals surface area contributed by atoms with E-state index in [2.05, 4.69) is 20.4 Å². The third-order valence-electron chi connectivity index (χ3n) is 4.20. The van der Waals surface area contributed by atoms with E-state index in [1.165, 1.54) is 29.8 Å². The molecular formula is C20H16FN5OS. The van der Waals surface area contributed by atoms with Crippen LogP contribution in [0.25, 0.3) is 5.69 Å². The number of halogens is 1. The lowest BCUT2D eigenvalue weighted by molar-refractivity contribution is 0.102. The van der Waals surface area contributed by atoms with E-state index in [0.717, 1.165) is 21.8 Å². The molecule has 0 spiro atoms.